The van der Waals surface area contributed by atoms with Crippen molar-refractivity contribution in [1.29, 1.82) is 0 Å². The van der Waals surface area contributed by atoms with Crippen LogP contribution in [0.4, 0.5) is 5.69 Å². The van der Waals surface area contributed by atoms with Crippen LogP contribution in [-0.2, 0) is 11.2 Å². The van der Waals surface area contributed by atoms with Crippen molar-refractivity contribution < 1.29 is 9.72 Å². The lowest BCUT2D eigenvalue weighted by Crippen LogP contribution is -2.40. The van der Waals surface area contributed by atoms with Gasteiger partial charge in [0, 0.05) is 15.6 Å². The predicted octanol–water partition coefficient (Wildman–Crippen LogP) is 1.48. The Morgan fingerprint density at radius 2 is 2.27 bits per heavy atom. The summed E-state index contributed by atoms with van der Waals surface area (Å²) in [6.07, 6.45) is 0.116. The number of benzene rings is 1. The number of anilines is 1. The van der Waals surface area contributed by atoms with Gasteiger partial charge in [-0.15, -0.1) is 0 Å². The lowest BCUT2D eigenvalue weighted by Gasteiger charge is -2.19. The Balaban J connectivity index is 2.38. The van der Waals surface area contributed by atoms with Gasteiger partial charge in [-0.2, -0.15) is 0 Å². The quantitative estimate of drug-likeness (QED) is 0.582. The summed E-state index contributed by atoms with van der Waals surface area (Å²) in [4.78, 5) is 21.3. The van der Waals surface area contributed by atoms with Crippen LogP contribution in [0.1, 0.15) is 5.56 Å². The molecule has 0 aromatic heterocycles. The first kappa shape index (κ1) is 9.92. The van der Waals surface area contributed by atoms with Gasteiger partial charge >= 0.3 is 0 Å². The van der Waals surface area contributed by atoms with Crippen molar-refractivity contribution in [1.82, 2.24) is 0 Å². The third-order valence-corrected chi connectivity index (χ3v) is 2.54. The van der Waals surface area contributed by atoms with Crippen molar-refractivity contribution in [2.45, 2.75) is 12.5 Å². The second-order valence-corrected chi connectivity index (χ2v) is 3.73. The van der Waals surface area contributed by atoms with Gasteiger partial charge in [-0.1, -0.05) is 17.7 Å². The monoisotopic (exact) mass is 226 g/mol. The van der Waals surface area contributed by atoms with E-state index in [1.165, 1.54) is 0 Å². The van der Waals surface area contributed by atoms with E-state index in [-0.39, 0.29) is 6.42 Å². The zero-order valence-corrected chi connectivity index (χ0v) is 8.32. The number of fused-ring (bicyclic) bond motifs is 1. The molecule has 6 heteroatoms. The van der Waals surface area contributed by atoms with Crippen molar-refractivity contribution in [3.05, 3.63) is 38.9 Å². The molecule has 1 unspecified atom stereocenters. The van der Waals surface area contributed by atoms with E-state index in [9.17, 15) is 14.9 Å². The molecule has 1 aromatic rings. The van der Waals surface area contributed by atoms with Crippen LogP contribution in [0.15, 0.2) is 18.2 Å². The molecule has 1 aliphatic rings. The second kappa shape index (κ2) is 3.51. The maximum Gasteiger partial charge on any atom is 0.299 e. The molecule has 1 amide bonds. The molecular formula is C9H7ClN2O3. The summed E-state index contributed by atoms with van der Waals surface area (Å²) >= 11 is 5.74. The van der Waals surface area contributed by atoms with Crippen molar-refractivity contribution in [3.63, 3.8) is 0 Å². The van der Waals surface area contributed by atoms with Gasteiger partial charge in [0.05, 0.1) is 6.42 Å². The number of hydrogen-bond acceptors (Lipinski definition) is 3. The van der Waals surface area contributed by atoms with Gasteiger partial charge in [0.2, 0.25) is 0 Å². The topological polar surface area (TPSA) is 72.2 Å². The Hall–Kier alpha value is -1.62. The van der Waals surface area contributed by atoms with Gasteiger partial charge in [-0.25, -0.2) is 0 Å². The Labute approximate surface area is 90.2 Å². The van der Waals surface area contributed by atoms with Crippen LogP contribution in [0, 0.1) is 10.1 Å². The normalized spacial score (nSPS) is 19.3. The third-order valence-electron chi connectivity index (χ3n) is 2.30. The number of carbonyl (C=O) groups excluding carboxylic acids is 1. The molecule has 0 radical (unpaired) electrons. The summed E-state index contributed by atoms with van der Waals surface area (Å²) in [5, 5.41) is 13.5. The summed E-state index contributed by atoms with van der Waals surface area (Å²) in [7, 11) is 0. The van der Waals surface area contributed by atoms with Crippen molar-refractivity contribution in [3.8, 4) is 0 Å². The van der Waals surface area contributed by atoms with Crippen molar-refractivity contribution >= 4 is 23.2 Å². The van der Waals surface area contributed by atoms with Gasteiger partial charge in [-0.05, 0) is 17.7 Å². The first-order valence-corrected chi connectivity index (χ1v) is 4.68. The molecule has 0 bridgehead atoms. The molecule has 1 aromatic carbocycles. The number of carbonyl (C=O) groups is 1. The average Bonchev–Trinajstić information content (AvgIpc) is 2.15. The largest absolute Gasteiger partial charge is 0.320 e. The van der Waals surface area contributed by atoms with E-state index in [1.807, 2.05) is 0 Å². The molecule has 1 aliphatic heterocycles. The number of hydrogen-bond donors (Lipinski definition) is 1. The number of nitrogens with one attached hydrogen (secondary N) is 1. The van der Waals surface area contributed by atoms with Gasteiger partial charge in [0.15, 0.2) is 0 Å². The highest BCUT2D eigenvalue weighted by molar-refractivity contribution is 6.31. The lowest BCUT2D eigenvalue weighted by atomic mass is 10.00. The highest BCUT2D eigenvalue weighted by Crippen LogP contribution is 2.26. The molecule has 15 heavy (non-hydrogen) atoms. The zero-order valence-electron chi connectivity index (χ0n) is 7.57. The highest BCUT2D eigenvalue weighted by Gasteiger charge is 2.35. The molecule has 0 spiro atoms. The Bertz CT molecular complexity index is 447. The van der Waals surface area contributed by atoms with E-state index in [1.54, 1.807) is 18.2 Å². The van der Waals surface area contributed by atoms with E-state index in [0.29, 0.717) is 10.7 Å². The molecule has 2 rings (SSSR count). The van der Waals surface area contributed by atoms with Crippen molar-refractivity contribution in [2.24, 2.45) is 0 Å². The fraction of sp³-hybridized carbons (Fsp3) is 0.222. The minimum atomic E-state index is -1.20. The molecular weight excluding hydrogens is 220 g/mol. The van der Waals surface area contributed by atoms with Gasteiger partial charge in [-0.3, -0.25) is 14.9 Å². The van der Waals surface area contributed by atoms with Crippen molar-refractivity contribution in [2.75, 3.05) is 5.32 Å². The number of nitro groups is 1. The van der Waals surface area contributed by atoms with Gasteiger partial charge in [0.25, 0.3) is 11.9 Å². The summed E-state index contributed by atoms with van der Waals surface area (Å²) in [6.45, 7) is 0. The van der Waals surface area contributed by atoms with Crippen LogP contribution < -0.4 is 5.32 Å². The van der Waals surface area contributed by atoms with E-state index < -0.39 is 16.9 Å². The summed E-state index contributed by atoms with van der Waals surface area (Å²) in [6, 6.07) is 3.73. The molecule has 5 nitrogen and oxygen atoms in total. The molecule has 0 saturated heterocycles. The Kier molecular flexibility index (Phi) is 2.32. The first-order valence-electron chi connectivity index (χ1n) is 4.30. The summed E-state index contributed by atoms with van der Waals surface area (Å²) in [5.41, 5.74) is 1.30. The van der Waals surface area contributed by atoms with Crippen LogP contribution >= 0.6 is 11.6 Å². The number of halogens is 1. The maximum absolute atomic E-state index is 11.3. The standard InChI is InChI=1S/C9H7ClN2O3/c10-6-2-1-5-3-8(12(14)15)9(13)11-7(5)4-6/h1-2,4,8H,3H2,(H,11,13). The van der Waals surface area contributed by atoms with Crippen LogP contribution in [-0.4, -0.2) is 16.9 Å². The average molecular weight is 227 g/mol. The molecule has 1 heterocycles. The maximum atomic E-state index is 11.3. The van der Waals surface area contributed by atoms with Crippen LogP contribution in [0.3, 0.4) is 0 Å². The van der Waals surface area contributed by atoms with Gasteiger partial charge < -0.3 is 5.32 Å². The molecule has 1 N–H and O–H groups in total. The second-order valence-electron chi connectivity index (χ2n) is 3.30. The van der Waals surface area contributed by atoms with Crippen LogP contribution in [0.25, 0.3) is 0 Å². The Morgan fingerprint density at radius 1 is 1.53 bits per heavy atom. The van der Waals surface area contributed by atoms with E-state index in [4.69, 9.17) is 11.6 Å². The smallest absolute Gasteiger partial charge is 0.299 e. The molecule has 0 aliphatic carbocycles. The Morgan fingerprint density at radius 3 is 2.93 bits per heavy atom. The minimum absolute atomic E-state index is 0.116. The minimum Gasteiger partial charge on any atom is -0.320 e. The van der Waals surface area contributed by atoms with Crippen LogP contribution in [0.2, 0.25) is 5.02 Å². The number of amides is 1. The van der Waals surface area contributed by atoms with E-state index in [2.05, 4.69) is 5.32 Å². The van der Waals surface area contributed by atoms with Crippen LogP contribution in [0.5, 0.6) is 0 Å². The molecule has 0 saturated carbocycles. The molecule has 1 atom stereocenters. The summed E-state index contributed by atoms with van der Waals surface area (Å²) < 4.78 is 0. The first-order chi connectivity index (χ1) is 7.08. The fourth-order valence-electron chi connectivity index (χ4n) is 1.53. The number of nitrogens with zero attached hydrogens (tertiary/aromatic N) is 1. The number of rotatable bonds is 1. The zero-order chi connectivity index (χ0) is 11.0. The lowest BCUT2D eigenvalue weighted by molar-refractivity contribution is -0.506. The highest BCUT2D eigenvalue weighted by atomic mass is 35.5. The van der Waals surface area contributed by atoms with Gasteiger partial charge in [0.1, 0.15) is 0 Å². The third kappa shape index (κ3) is 1.78. The summed E-state index contributed by atoms with van der Waals surface area (Å²) in [5.74, 6) is -0.588. The van der Waals surface area contributed by atoms with E-state index in [0.717, 1.165) is 5.56 Å². The molecule has 0 fully saturated rings. The molecule has 78 valence electrons. The predicted molar refractivity (Wildman–Crippen MR) is 54.6 cm³/mol. The SMILES string of the molecule is O=C1Nc2cc(Cl)ccc2CC1[N+](=O)[O-]. The fourth-order valence-corrected chi connectivity index (χ4v) is 1.70. The van der Waals surface area contributed by atoms with E-state index >= 15 is 0 Å².